The molecule has 0 radical (unpaired) electrons. The molecule has 1 unspecified atom stereocenters. The van der Waals surface area contributed by atoms with Gasteiger partial charge in [-0.25, -0.2) is 4.98 Å². The van der Waals surface area contributed by atoms with Crippen molar-refractivity contribution in [2.75, 3.05) is 7.05 Å². The number of nitrogens with one attached hydrogen (secondary N) is 1. The van der Waals surface area contributed by atoms with E-state index in [-0.39, 0.29) is 0 Å². The van der Waals surface area contributed by atoms with Gasteiger partial charge in [0.05, 0.1) is 0 Å². The van der Waals surface area contributed by atoms with Gasteiger partial charge in [0.1, 0.15) is 12.2 Å². The van der Waals surface area contributed by atoms with Gasteiger partial charge in [0.25, 0.3) is 0 Å². The molecule has 1 atom stereocenters. The van der Waals surface area contributed by atoms with E-state index < -0.39 is 0 Å². The highest BCUT2D eigenvalue weighted by Gasteiger charge is 2.27. The minimum absolute atomic E-state index is 0.548. The van der Waals surface area contributed by atoms with Gasteiger partial charge in [-0.05, 0) is 38.6 Å². The van der Waals surface area contributed by atoms with Crippen LogP contribution in [0.1, 0.15) is 51.8 Å². The lowest BCUT2D eigenvalue weighted by atomic mass is 9.77. The van der Waals surface area contributed by atoms with E-state index >= 15 is 0 Å². The Morgan fingerprint density at radius 2 is 2.05 bits per heavy atom. The second-order valence-corrected chi connectivity index (χ2v) is 5.78. The van der Waals surface area contributed by atoms with E-state index in [4.69, 9.17) is 0 Å². The first-order valence-corrected chi connectivity index (χ1v) is 7.82. The van der Waals surface area contributed by atoms with Crippen molar-refractivity contribution in [3.8, 4) is 0 Å². The Bertz CT molecular complexity index is 366. The summed E-state index contributed by atoms with van der Waals surface area (Å²) in [5, 5.41) is 7.78. The van der Waals surface area contributed by atoms with E-state index in [1.807, 2.05) is 4.68 Å². The SMILES string of the molecule is CCC1CCC(C(Cc2ncnn2CC)NC)CC1. The monoisotopic (exact) mass is 264 g/mol. The number of aromatic nitrogens is 3. The zero-order chi connectivity index (χ0) is 13.7. The summed E-state index contributed by atoms with van der Waals surface area (Å²) >= 11 is 0. The number of hydrogen-bond acceptors (Lipinski definition) is 3. The van der Waals surface area contributed by atoms with E-state index in [0.717, 1.165) is 30.6 Å². The van der Waals surface area contributed by atoms with Crippen molar-refractivity contribution in [1.82, 2.24) is 20.1 Å². The van der Waals surface area contributed by atoms with Crippen LogP contribution in [0.15, 0.2) is 6.33 Å². The molecule has 0 saturated heterocycles. The first-order chi connectivity index (χ1) is 9.28. The van der Waals surface area contributed by atoms with Crippen molar-refractivity contribution in [3.63, 3.8) is 0 Å². The molecule has 0 spiro atoms. The van der Waals surface area contributed by atoms with Crippen LogP contribution in [0.25, 0.3) is 0 Å². The Morgan fingerprint density at radius 3 is 2.63 bits per heavy atom. The van der Waals surface area contributed by atoms with E-state index in [0.29, 0.717) is 6.04 Å². The van der Waals surface area contributed by atoms with Crippen molar-refractivity contribution in [2.24, 2.45) is 11.8 Å². The Hall–Kier alpha value is -0.900. The third-order valence-corrected chi connectivity index (χ3v) is 4.81. The molecule has 1 saturated carbocycles. The summed E-state index contributed by atoms with van der Waals surface area (Å²) in [5.41, 5.74) is 0. The van der Waals surface area contributed by atoms with E-state index in [2.05, 4.69) is 36.3 Å². The molecule has 19 heavy (non-hydrogen) atoms. The zero-order valence-electron chi connectivity index (χ0n) is 12.6. The van der Waals surface area contributed by atoms with Crippen LogP contribution in [0.5, 0.6) is 0 Å². The molecule has 2 rings (SSSR count). The minimum Gasteiger partial charge on any atom is -0.316 e. The summed E-state index contributed by atoms with van der Waals surface area (Å²) in [6.45, 7) is 5.36. The summed E-state index contributed by atoms with van der Waals surface area (Å²) in [7, 11) is 2.09. The van der Waals surface area contributed by atoms with Crippen LogP contribution in [0.3, 0.4) is 0 Å². The van der Waals surface area contributed by atoms with Crippen LogP contribution in [0.4, 0.5) is 0 Å². The fraction of sp³-hybridized carbons (Fsp3) is 0.867. The number of likely N-dealkylation sites (N-methyl/N-ethyl adjacent to an activating group) is 1. The number of nitrogens with zero attached hydrogens (tertiary/aromatic N) is 3. The molecule has 1 heterocycles. The van der Waals surface area contributed by atoms with Gasteiger partial charge in [0.2, 0.25) is 0 Å². The lowest BCUT2D eigenvalue weighted by Gasteiger charge is -2.33. The van der Waals surface area contributed by atoms with Gasteiger partial charge in [-0.1, -0.05) is 26.2 Å². The lowest BCUT2D eigenvalue weighted by Crippen LogP contribution is -2.38. The highest BCUT2D eigenvalue weighted by Crippen LogP contribution is 2.33. The second kappa shape index (κ2) is 7.04. The fourth-order valence-electron chi connectivity index (χ4n) is 3.41. The summed E-state index contributed by atoms with van der Waals surface area (Å²) in [5.74, 6) is 2.89. The molecule has 0 aliphatic heterocycles. The quantitative estimate of drug-likeness (QED) is 0.859. The molecule has 4 nitrogen and oxygen atoms in total. The van der Waals surface area contributed by atoms with Gasteiger partial charge in [-0.15, -0.1) is 0 Å². The molecule has 1 fully saturated rings. The summed E-state index contributed by atoms with van der Waals surface area (Å²) < 4.78 is 2.02. The molecule has 1 aliphatic carbocycles. The molecule has 1 aromatic rings. The molecule has 0 bridgehead atoms. The Morgan fingerprint density at radius 1 is 1.32 bits per heavy atom. The Labute approximate surface area is 117 Å². The number of aryl methyl sites for hydroxylation is 1. The van der Waals surface area contributed by atoms with Crippen LogP contribution in [-0.4, -0.2) is 27.9 Å². The van der Waals surface area contributed by atoms with Gasteiger partial charge in [0, 0.05) is 19.0 Å². The maximum Gasteiger partial charge on any atom is 0.138 e. The average molecular weight is 264 g/mol. The van der Waals surface area contributed by atoms with Gasteiger partial charge in [-0.3, -0.25) is 4.68 Å². The molecule has 4 heteroatoms. The molecule has 108 valence electrons. The molecule has 1 aromatic heterocycles. The third kappa shape index (κ3) is 3.56. The lowest BCUT2D eigenvalue weighted by molar-refractivity contribution is 0.219. The Balaban J connectivity index is 1.93. The van der Waals surface area contributed by atoms with Gasteiger partial charge in [-0.2, -0.15) is 5.10 Å². The standard InChI is InChI=1S/C15H28N4/c1-4-12-6-8-13(9-7-12)14(16-3)10-15-17-11-18-19(15)5-2/h11-14,16H,4-10H2,1-3H3. The second-order valence-electron chi connectivity index (χ2n) is 5.78. The number of hydrogen-bond donors (Lipinski definition) is 1. The predicted octanol–water partition coefficient (Wildman–Crippen LogP) is 2.64. The topological polar surface area (TPSA) is 42.7 Å². The van der Waals surface area contributed by atoms with Crippen molar-refractivity contribution in [2.45, 2.75) is 65.0 Å². The minimum atomic E-state index is 0.548. The largest absolute Gasteiger partial charge is 0.316 e. The van der Waals surface area contributed by atoms with Crippen LogP contribution < -0.4 is 5.32 Å². The van der Waals surface area contributed by atoms with Gasteiger partial charge < -0.3 is 5.32 Å². The molecule has 1 aliphatic rings. The normalized spacial score (nSPS) is 25.4. The maximum atomic E-state index is 4.41. The van der Waals surface area contributed by atoms with E-state index in [1.165, 1.54) is 32.1 Å². The van der Waals surface area contributed by atoms with Crippen LogP contribution in [0.2, 0.25) is 0 Å². The first-order valence-electron chi connectivity index (χ1n) is 7.82. The van der Waals surface area contributed by atoms with E-state index in [1.54, 1.807) is 6.33 Å². The first kappa shape index (κ1) is 14.5. The van der Waals surface area contributed by atoms with E-state index in [9.17, 15) is 0 Å². The molecular formula is C15H28N4. The predicted molar refractivity (Wildman–Crippen MR) is 78.0 cm³/mol. The van der Waals surface area contributed by atoms with Crippen LogP contribution >= 0.6 is 0 Å². The number of rotatable bonds is 6. The Kier molecular flexibility index (Phi) is 5.37. The highest BCUT2D eigenvalue weighted by atomic mass is 15.3. The zero-order valence-corrected chi connectivity index (χ0v) is 12.6. The van der Waals surface area contributed by atoms with Crippen LogP contribution in [0, 0.1) is 11.8 Å². The van der Waals surface area contributed by atoms with Crippen molar-refractivity contribution >= 4 is 0 Å². The van der Waals surface area contributed by atoms with Gasteiger partial charge >= 0.3 is 0 Å². The molecular weight excluding hydrogens is 236 g/mol. The van der Waals surface area contributed by atoms with Crippen molar-refractivity contribution < 1.29 is 0 Å². The summed E-state index contributed by atoms with van der Waals surface area (Å²) in [4.78, 5) is 4.41. The molecule has 1 N–H and O–H groups in total. The summed E-state index contributed by atoms with van der Waals surface area (Å²) in [6, 6.07) is 0.548. The fourth-order valence-corrected chi connectivity index (χ4v) is 3.41. The maximum absolute atomic E-state index is 4.41. The molecule has 0 amide bonds. The van der Waals surface area contributed by atoms with Crippen molar-refractivity contribution in [1.29, 1.82) is 0 Å². The van der Waals surface area contributed by atoms with Crippen molar-refractivity contribution in [3.05, 3.63) is 12.2 Å². The smallest absolute Gasteiger partial charge is 0.138 e. The third-order valence-electron chi connectivity index (χ3n) is 4.81. The summed E-state index contributed by atoms with van der Waals surface area (Å²) in [6.07, 6.45) is 9.57. The van der Waals surface area contributed by atoms with Crippen LogP contribution in [-0.2, 0) is 13.0 Å². The highest BCUT2D eigenvalue weighted by molar-refractivity contribution is 4.93. The van der Waals surface area contributed by atoms with Gasteiger partial charge in [0.15, 0.2) is 0 Å². The molecule has 0 aromatic carbocycles. The average Bonchev–Trinajstić information content (AvgIpc) is 2.92.